The van der Waals surface area contributed by atoms with Crippen LogP contribution in [0.3, 0.4) is 0 Å². The van der Waals surface area contributed by atoms with Crippen LogP contribution in [-0.2, 0) is 13.6 Å². The van der Waals surface area contributed by atoms with Crippen molar-refractivity contribution in [2.75, 3.05) is 0 Å². The van der Waals surface area contributed by atoms with Gasteiger partial charge in [-0.1, -0.05) is 17.3 Å². The lowest BCUT2D eigenvalue weighted by Crippen LogP contribution is -1.95. The first kappa shape index (κ1) is 11.6. The Hall–Kier alpha value is -2.47. The maximum Gasteiger partial charge on any atom is 0.258 e. The minimum absolute atomic E-state index is 0.478. The van der Waals surface area contributed by atoms with Crippen LogP contribution in [0, 0.1) is 0 Å². The van der Waals surface area contributed by atoms with E-state index < -0.39 is 0 Å². The molecule has 0 aliphatic carbocycles. The molecule has 0 spiro atoms. The summed E-state index contributed by atoms with van der Waals surface area (Å²) in [6.45, 7) is 0.483. The Bertz CT molecular complexity index is 700. The predicted molar refractivity (Wildman–Crippen MR) is 69.8 cm³/mol. The van der Waals surface area contributed by atoms with Crippen molar-refractivity contribution < 1.29 is 4.52 Å². The lowest BCUT2D eigenvalue weighted by Gasteiger charge is -1.98. The van der Waals surface area contributed by atoms with Crippen LogP contribution >= 0.6 is 0 Å². The van der Waals surface area contributed by atoms with E-state index in [1.807, 2.05) is 35.9 Å². The summed E-state index contributed by atoms with van der Waals surface area (Å²) < 4.78 is 7.12. The minimum atomic E-state index is 0.478. The molecule has 0 amide bonds. The van der Waals surface area contributed by atoms with E-state index in [9.17, 15) is 0 Å². The summed E-state index contributed by atoms with van der Waals surface area (Å²) in [7, 11) is 1.88. The van der Waals surface area contributed by atoms with E-state index >= 15 is 0 Å². The molecule has 0 saturated heterocycles. The summed E-state index contributed by atoms with van der Waals surface area (Å²) in [5.74, 6) is 1.000. The van der Waals surface area contributed by atoms with E-state index in [2.05, 4.69) is 15.1 Å². The summed E-state index contributed by atoms with van der Waals surface area (Å²) in [6, 6.07) is 7.74. The molecule has 0 unspecified atom stereocenters. The molecule has 2 aromatic heterocycles. The monoisotopic (exact) mass is 255 g/mol. The van der Waals surface area contributed by atoms with E-state index in [0.717, 1.165) is 16.8 Å². The van der Waals surface area contributed by atoms with Gasteiger partial charge in [0.05, 0.1) is 12.5 Å². The lowest BCUT2D eigenvalue weighted by atomic mass is 10.1. The first-order valence-corrected chi connectivity index (χ1v) is 5.87. The zero-order valence-electron chi connectivity index (χ0n) is 10.4. The molecule has 0 atom stereocenters. The number of hydrogen-bond acceptors (Lipinski definition) is 5. The molecule has 96 valence electrons. The molecule has 1 aromatic carbocycles. The van der Waals surface area contributed by atoms with Crippen LogP contribution in [0.1, 0.15) is 5.56 Å². The summed E-state index contributed by atoms with van der Waals surface area (Å²) in [5, 5.41) is 3.97. The first-order chi connectivity index (χ1) is 9.28. The molecule has 2 N–H and O–H groups in total. The normalized spacial score (nSPS) is 10.8. The molecule has 3 rings (SSSR count). The van der Waals surface area contributed by atoms with Crippen molar-refractivity contribution in [3.63, 3.8) is 0 Å². The minimum Gasteiger partial charge on any atom is -0.334 e. The quantitative estimate of drug-likeness (QED) is 0.768. The number of imidazole rings is 1. The van der Waals surface area contributed by atoms with Crippen LogP contribution in [0.2, 0.25) is 0 Å². The van der Waals surface area contributed by atoms with Crippen LogP contribution in [0.25, 0.3) is 23.0 Å². The Balaban J connectivity index is 1.99. The molecule has 0 aliphatic rings. The third-order valence-corrected chi connectivity index (χ3v) is 2.88. The fourth-order valence-electron chi connectivity index (χ4n) is 1.85. The Morgan fingerprint density at radius 1 is 1.37 bits per heavy atom. The Morgan fingerprint density at radius 2 is 2.26 bits per heavy atom. The van der Waals surface area contributed by atoms with E-state index in [1.54, 1.807) is 12.5 Å². The fraction of sp³-hybridized carbons (Fsp3) is 0.154. The summed E-state index contributed by atoms with van der Waals surface area (Å²) in [5.41, 5.74) is 8.32. The predicted octanol–water partition coefficient (Wildman–Crippen LogP) is 1.60. The Labute approximate surface area is 109 Å². The van der Waals surface area contributed by atoms with Crippen LogP contribution < -0.4 is 5.73 Å². The molecular formula is C13H13N5O. The van der Waals surface area contributed by atoms with Gasteiger partial charge in [-0.3, -0.25) is 0 Å². The van der Waals surface area contributed by atoms with Gasteiger partial charge >= 0.3 is 0 Å². The molecule has 0 aliphatic heterocycles. The smallest absolute Gasteiger partial charge is 0.258 e. The van der Waals surface area contributed by atoms with Crippen molar-refractivity contribution in [2.45, 2.75) is 6.54 Å². The number of nitrogens with zero attached hydrogens (tertiary/aromatic N) is 4. The highest BCUT2D eigenvalue weighted by Gasteiger charge is 2.13. The second kappa shape index (κ2) is 4.66. The molecule has 6 nitrogen and oxygen atoms in total. The summed E-state index contributed by atoms with van der Waals surface area (Å²) in [6.07, 6.45) is 3.39. The van der Waals surface area contributed by atoms with E-state index in [4.69, 9.17) is 10.3 Å². The van der Waals surface area contributed by atoms with Gasteiger partial charge in [0, 0.05) is 19.2 Å². The molecule has 6 heteroatoms. The lowest BCUT2D eigenvalue weighted by molar-refractivity contribution is 0.432. The third kappa shape index (κ3) is 2.13. The van der Waals surface area contributed by atoms with Crippen molar-refractivity contribution >= 4 is 0 Å². The number of rotatable bonds is 3. The molecular weight excluding hydrogens is 242 g/mol. The second-order valence-corrected chi connectivity index (χ2v) is 4.22. The van der Waals surface area contributed by atoms with Gasteiger partial charge < -0.3 is 14.8 Å². The van der Waals surface area contributed by atoms with Crippen LogP contribution in [0.5, 0.6) is 0 Å². The van der Waals surface area contributed by atoms with Crippen LogP contribution in [-0.4, -0.2) is 19.7 Å². The van der Waals surface area contributed by atoms with Crippen molar-refractivity contribution in [2.24, 2.45) is 12.8 Å². The maximum atomic E-state index is 5.62. The molecule has 0 radical (unpaired) electrons. The Morgan fingerprint density at radius 3 is 3.00 bits per heavy atom. The molecule has 3 aromatic rings. The van der Waals surface area contributed by atoms with Gasteiger partial charge in [0.15, 0.2) is 0 Å². The number of hydrogen-bond donors (Lipinski definition) is 1. The highest BCUT2D eigenvalue weighted by Crippen LogP contribution is 2.22. The highest BCUT2D eigenvalue weighted by atomic mass is 16.5. The molecule has 0 fully saturated rings. The number of aromatic nitrogens is 4. The second-order valence-electron chi connectivity index (χ2n) is 4.22. The average Bonchev–Trinajstić information content (AvgIpc) is 3.07. The standard InChI is InChI=1S/C13H13N5O/c1-18-8-15-7-11(18)12-16-13(19-17-12)10-4-2-3-9(5-10)6-14/h2-5,7-8H,6,14H2,1H3. The van der Waals surface area contributed by atoms with Crippen LogP contribution in [0.15, 0.2) is 41.3 Å². The largest absolute Gasteiger partial charge is 0.334 e. The zero-order chi connectivity index (χ0) is 13.2. The van der Waals surface area contributed by atoms with Crippen molar-refractivity contribution in [3.8, 4) is 23.0 Å². The van der Waals surface area contributed by atoms with Gasteiger partial charge in [-0.15, -0.1) is 0 Å². The fourth-order valence-corrected chi connectivity index (χ4v) is 1.85. The SMILES string of the molecule is Cn1cncc1-c1noc(-c2cccc(CN)c2)n1. The van der Waals surface area contributed by atoms with Crippen molar-refractivity contribution in [3.05, 3.63) is 42.4 Å². The molecule has 0 bridgehead atoms. The third-order valence-electron chi connectivity index (χ3n) is 2.88. The number of aryl methyl sites for hydroxylation is 1. The molecule has 2 heterocycles. The maximum absolute atomic E-state index is 5.62. The van der Waals surface area contributed by atoms with Gasteiger partial charge in [0.1, 0.15) is 5.69 Å². The van der Waals surface area contributed by atoms with Gasteiger partial charge in [0.2, 0.25) is 5.82 Å². The zero-order valence-corrected chi connectivity index (χ0v) is 10.4. The highest BCUT2D eigenvalue weighted by molar-refractivity contribution is 5.58. The van der Waals surface area contributed by atoms with Gasteiger partial charge in [-0.25, -0.2) is 4.98 Å². The van der Waals surface area contributed by atoms with Crippen molar-refractivity contribution in [1.29, 1.82) is 0 Å². The molecule has 0 saturated carbocycles. The summed E-state index contributed by atoms with van der Waals surface area (Å²) >= 11 is 0. The number of benzene rings is 1. The molecule has 19 heavy (non-hydrogen) atoms. The topological polar surface area (TPSA) is 82.8 Å². The Kier molecular flexibility index (Phi) is 2.85. The van der Waals surface area contributed by atoms with E-state index in [0.29, 0.717) is 18.3 Å². The van der Waals surface area contributed by atoms with E-state index in [-0.39, 0.29) is 0 Å². The van der Waals surface area contributed by atoms with Crippen LogP contribution in [0.4, 0.5) is 0 Å². The van der Waals surface area contributed by atoms with Crippen molar-refractivity contribution in [1.82, 2.24) is 19.7 Å². The average molecular weight is 255 g/mol. The number of nitrogens with two attached hydrogens (primary N) is 1. The first-order valence-electron chi connectivity index (χ1n) is 5.87. The summed E-state index contributed by atoms with van der Waals surface area (Å²) in [4.78, 5) is 8.41. The van der Waals surface area contributed by atoms with Gasteiger partial charge in [-0.05, 0) is 17.7 Å². The van der Waals surface area contributed by atoms with Gasteiger partial charge in [-0.2, -0.15) is 4.98 Å². The van der Waals surface area contributed by atoms with E-state index in [1.165, 1.54) is 0 Å². The van der Waals surface area contributed by atoms with Gasteiger partial charge in [0.25, 0.3) is 5.89 Å².